The molecule has 2 aliphatic rings. The number of tetrazole rings is 1. The molecule has 15 nitrogen and oxygen atoms in total. The standard InChI is InChI=1S/C28H34N8O7/c1-17-11-36(18(2)14-37)27(39)9-19-8-20(30-26(38)13-35-15-29-32-33-35)4-6-22(19)43-25(17)12-34(3)28(40)31-21-5-7-23-24(10-21)42-16-41-23/h4-8,10,15,17-18,25,37H,9,11-14,16H2,1-3H3,(H,30,38)(H,31,40)/t17-,18-,25+/m0/s1. The summed E-state index contributed by atoms with van der Waals surface area (Å²) in [6.45, 7) is 4.08. The van der Waals surface area contributed by atoms with Gasteiger partial charge in [-0.1, -0.05) is 6.92 Å². The van der Waals surface area contributed by atoms with Crippen molar-refractivity contribution in [3.05, 3.63) is 48.3 Å². The highest BCUT2D eigenvalue weighted by atomic mass is 16.7. The van der Waals surface area contributed by atoms with Crippen molar-refractivity contribution in [1.82, 2.24) is 30.0 Å². The highest BCUT2D eigenvalue weighted by Gasteiger charge is 2.32. The first-order chi connectivity index (χ1) is 20.7. The van der Waals surface area contributed by atoms with E-state index in [1.807, 2.05) is 6.92 Å². The number of benzene rings is 2. The molecule has 0 spiro atoms. The zero-order valence-corrected chi connectivity index (χ0v) is 24.1. The number of aromatic nitrogens is 4. The highest BCUT2D eigenvalue weighted by Crippen LogP contribution is 2.34. The Kier molecular flexibility index (Phi) is 8.90. The zero-order chi connectivity index (χ0) is 30.5. The molecule has 3 aromatic rings. The van der Waals surface area contributed by atoms with Gasteiger partial charge in [0.25, 0.3) is 0 Å². The Hall–Kier alpha value is -4.92. The Bertz CT molecular complexity index is 1470. The van der Waals surface area contributed by atoms with Crippen LogP contribution in [0.1, 0.15) is 19.4 Å². The number of hydrogen-bond donors (Lipinski definition) is 3. The van der Waals surface area contributed by atoms with Crippen LogP contribution in [0.3, 0.4) is 0 Å². The molecule has 4 amide bonds. The summed E-state index contributed by atoms with van der Waals surface area (Å²) in [5, 5.41) is 26.3. The number of rotatable bonds is 8. The topological polar surface area (TPSA) is 173 Å². The molecule has 0 radical (unpaired) electrons. The minimum Gasteiger partial charge on any atom is -0.488 e. The van der Waals surface area contributed by atoms with E-state index in [1.165, 1.54) is 15.9 Å². The molecule has 2 aromatic carbocycles. The van der Waals surface area contributed by atoms with Crippen LogP contribution >= 0.6 is 0 Å². The summed E-state index contributed by atoms with van der Waals surface area (Å²) in [4.78, 5) is 42.2. The van der Waals surface area contributed by atoms with Crippen molar-refractivity contribution >= 4 is 29.2 Å². The van der Waals surface area contributed by atoms with Gasteiger partial charge in [-0.3, -0.25) is 9.59 Å². The SMILES string of the molecule is C[C@H]1CN([C@@H](C)CO)C(=O)Cc2cc(NC(=O)Cn3cnnn3)ccc2O[C@@H]1CN(C)C(=O)Nc1ccc2c(c1)OCO2. The summed E-state index contributed by atoms with van der Waals surface area (Å²) in [7, 11) is 1.66. The van der Waals surface area contributed by atoms with Crippen molar-refractivity contribution in [3.8, 4) is 17.2 Å². The van der Waals surface area contributed by atoms with E-state index < -0.39 is 12.1 Å². The van der Waals surface area contributed by atoms with Gasteiger partial charge in [-0.15, -0.1) is 5.10 Å². The van der Waals surface area contributed by atoms with Gasteiger partial charge < -0.3 is 39.8 Å². The average molecular weight is 595 g/mol. The number of amides is 4. The summed E-state index contributed by atoms with van der Waals surface area (Å²) in [5.74, 6) is 0.889. The van der Waals surface area contributed by atoms with Crippen LogP contribution in [-0.2, 0) is 22.6 Å². The van der Waals surface area contributed by atoms with E-state index in [-0.39, 0.29) is 56.7 Å². The van der Waals surface area contributed by atoms with Crippen molar-refractivity contribution in [2.45, 2.75) is 39.0 Å². The van der Waals surface area contributed by atoms with Crippen LogP contribution in [0.2, 0.25) is 0 Å². The molecule has 0 bridgehead atoms. The molecule has 43 heavy (non-hydrogen) atoms. The van der Waals surface area contributed by atoms with Gasteiger partial charge in [0.1, 0.15) is 24.7 Å². The number of hydrogen-bond acceptors (Lipinski definition) is 10. The number of fused-ring (bicyclic) bond motifs is 2. The number of carbonyl (C=O) groups is 3. The summed E-state index contributed by atoms with van der Waals surface area (Å²) >= 11 is 0. The second-order valence-electron chi connectivity index (χ2n) is 10.6. The number of nitrogens with zero attached hydrogens (tertiary/aromatic N) is 6. The van der Waals surface area contributed by atoms with E-state index in [0.717, 1.165) is 0 Å². The maximum absolute atomic E-state index is 13.4. The quantitative estimate of drug-likeness (QED) is 0.346. The largest absolute Gasteiger partial charge is 0.488 e. The third-order valence-electron chi connectivity index (χ3n) is 7.32. The Morgan fingerprint density at radius 1 is 1.12 bits per heavy atom. The molecule has 0 unspecified atom stereocenters. The molecule has 0 fully saturated rings. The predicted molar refractivity (Wildman–Crippen MR) is 153 cm³/mol. The molecule has 0 saturated heterocycles. The Morgan fingerprint density at radius 3 is 2.60 bits per heavy atom. The number of aliphatic hydroxyl groups is 1. The van der Waals surface area contributed by atoms with Crippen LogP contribution < -0.4 is 24.8 Å². The second-order valence-corrected chi connectivity index (χ2v) is 10.6. The van der Waals surface area contributed by atoms with Gasteiger partial charge in [0.15, 0.2) is 11.5 Å². The monoisotopic (exact) mass is 594 g/mol. The fourth-order valence-electron chi connectivity index (χ4n) is 4.87. The molecular formula is C28H34N8O7. The zero-order valence-electron chi connectivity index (χ0n) is 24.1. The summed E-state index contributed by atoms with van der Waals surface area (Å²) in [5.41, 5.74) is 1.59. The first-order valence-electron chi connectivity index (χ1n) is 13.8. The van der Waals surface area contributed by atoms with Gasteiger partial charge in [0, 0.05) is 42.5 Å². The van der Waals surface area contributed by atoms with E-state index in [2.05, 4.69) is 26.2 Å². The van der Waals surface area contributed by atoms with Gasteiger partial charge in [0.05, 0.1) is 25.6 Å². The van der Waals surface area contributed by atoms with E-state index in [0.29, 0.717) is 40.7 Å². The normalized spacial score (nSPS) is 18.4. The molecule has 228 valence electrons. The van der Waals surface area contributed by atoms with Gasteiger partial charge in [-0.2, -0.15) is 0 Å². The van der Waals surface area contributed by atoms with E-state index in [9.17, 15) is 19.5 Å². The molecule has 3 atom stereocenters. The van der Waals surface area contributed by atoms with Gasteiger partial charge in [0.2, 0.25) is 18.6 Å². The maximum Gasteiger partial charge on any atom is 0.321 e. The summed E-state index contributed by atoms with van der Waals surface area (Å²) in [6.07, 6.45) is 0.822. The van der Waals surface area contributed by atoms with Crippen LogP contribution in [0.5, 0.6) is 17.2 Å². The van der Waals surface area contributed by atoms with Crippen LogP contribution in [0.15, 0.2) is 42.7 Å². The lowest BCUT2D eigenvalue weighted by Crippen LogP contribution is -2.48. The fourth-order valence-corrected chi connectivity index (χ4v) is 4.87. The van der Waals surface area contributed by atoms with Gasteiger partial charge in [-0.05, 0) is 47.7 Å². The summed E-state index contributed by atoms with van der Waals surface area (Å²) in [6, 6.07) is 9.45. The first-order valence-corrected chi connectivity index (χ1v) is 13.8. The lowest BCUT2D eigenvalue weighted by molar-refractivity contribution is -0.134. The van der Waals surface area contributed by atoms with Crippen molar-refractivity contribution < 1.29 is 33.7 Å². The third kappa shape index (κ3) is 7.12. The lowest BCUT2D eigenvalue weighted by Gasteiger charge is -2.34. The molecule has 15 heteroatoms. The summed E-state index contributed by atoms with van der Waals surface area (Å²) < 4.78 is 18.5. The molecule has 0 saturated carbocycles. The first kappa shape index (κ1) is 29.6. The highest BCUT2D eigenvalue weighted by molar-refractivity contribution is 5.91. The fraction of sp³-hybridized carbons (Fsp3) is 0.429. The lowest BCUT2D eigenvalue weighted by atomic mass is 10.0. The number of likely N-dealkylation sites (N-methyl/N-ethyl adjacent to an activating group) is 1. The molecular weight excluding hydrogens is 560 g/mol. The minimum atomic E-state index is -0.509. The smallest absolute Gasteiger partial charge is 0.321 e. The third-order valence-corrected chi connectivity index (χ3v) is 7.32. The number of anilines is 2. The second kappa shape index (κ2) is 12.9. The minimum absolute atomic E-state index is 0.00371. The van der Waals surface area contributed by atoms with E-state index in [4.69, 9.17) is 14.2 Å². The van der Waals surface area contributed by atoms with Crippen LogP contribution in [0.4, 0.5) is 16.2 Å². The van der Waals surface area contributed by atoms with Crippen molar-refractivity contribution in [2.24, 2.45) is 5.92 Å². The number of nitrogens with one attached hydrogen (secondary N) is 2. The van der Waals surface area contributed by atoms with Gasteiger partial charge >= 0.3 is 6.03 Å². The molecule has 2 aliphatic heterocycles. The van der Waals surface area contributed by atoms with Crippen molar-refractivity contribution in [1.29, 1.82) is 0 Å². The predicted octanol–water partition coefficient (Wildman–Crippen LogP) is 1.35. The van der Waals surface area contributed by atoms with Crippen LogP contribution in [0.25, 0.3) is 0 Å². The molecule has 3 heterocycles. The number of carbonyl (C=O) groups excluding carboxylic acids is 3. The van der Waals surface area contributed by atoms with Crippen molar-refractivity contribution in [2.75, 3.05) is 44.2 Å². The Morgan fingerprint density at radius 2 is 1.86 bits per heavy atom. The van der Waals surface area contributed by atoms with Gasteiger partial charge in [-0.25, -0.2) is 9.48 Å². The molecule has 3 N–H and O–H groups in total. The van der Waals surface area contributed by atoms with Crippen LogP contribution in [-0.4, -0.2) is 98.6 Å². The molecule has 1 aromatic heterocycles. The molecule has 5 rings (SSSR count). The number of ether oxygens (including phenoxy) is 3. The maximum atomic E-state index is 13.4. The molecule has 0 aliphatic carbocycles. The number of aliphatic hydroxyl groups excluding tert-OH is 1. The van der Waals surface area contributed by atoms with Crippen molar-refractivity contribution in [3.63, 3.8) is 0 Å². The van der Waals surface area contributed by atoms with E-state index >= 15 is 0 Å². The average Bonchev–Trinajstić information content (AvgIpc) is 3.68. The van der Waals surface area contributed by atoms with E-state index in [1.54, 1.807) is 55.3 Å². The Labute approximate surface area is 247 Å². The number of urea groups is 1. The Balaban J connectivity index is 1.34. The van der Waals surface area contributed by atoms with Crippen LogP contribution in [0, 0.1) is 5.92 Å².